The molecule has 4 bridgehead atoms. The van der Waals surface area contributed by atoms with Gasteiger partial charge in [0.2, 0.25) is 0 Å². The highest BCUT2D eigenvalue weighted by molar-refractivity contribution is 5.40. The first-order chi connectivity index (χ1) is 12.7. The Morgan fingerprint density at radius 2 is 1.85 bits per heavy atom. The Balaban J connectivity index is 1.38. The fourth-order valence-corrected chi connectivity index (χ4v) is 6.81. The van der Waals surface area contributed by atoms with E-state index in [0.29, 0.717) is 17.9 Å². The molecule has 0 amide bonds. The van der Waals surface area contributed by atoms with Crippen molar-refractivity contribution in [2.75, 3.05) is 37.8 Å². The van der Waals surface area contributed by atoms with Gasteiger partial charge in [-0.3, -0.25) is 0 Å². The van der Waals surface area contributed by atoms with Crippen LogP contribution in [-0.2, 0) is 4.74 Å². The summed E-state index contributed by atoms with van der Waals surface area (Å²) in [6.45, 7) is 3.50. The van der Waals surface area contributed by atoms with Gasteiger partial charge < -0.3 is 14.7 Å². The molecule has 5 nitrogen and oxygen atoms in total. The van der Waals surface area contributed by atoms with E-state index in [9.17, 15) is 5.11 Å². The normalized spacial score (nSPS) is 38.0. The summed E-state index contributed by atoms with van der Waals surface area (Å²) >= 11 is 0. The van der Waals surface area contributed by atoms with E-state index < -0.39 is 0 Å². The molecule has 5 aliphatic rings. The largest absolute Gasteiger partial charge is 0.395 e. The van der Waals surface area contributed by atoms with Gasteiger partial charge in [0.05, 0.1) is 18.9 Å². The van der Waals surface area contributed by atoms with Gasteiger partial charge in [-0.2, -0.15) is 0 Å². The van der Waals surface area contributed by atoms with Crippen molar-refractivity contribution in [1.29, 1.82) is 0 Å². The zero-order chi connectivity index (χ0) is 17.6. The van der Waals surface area contributed by atoms with Gasteiger partial charge in [-0.1, -0.05) is 0 Å². The van der Waals surface area contributed by atoms with Crippen molar-refractivity contribution in [3.05, 3.63) is 18.1 Å². The summed E-state index contributed by atoms with van der Waals surface area (Å²) in [5, 5.41) is 9.69. The average Bonchev–Trinajstić information content (AvgIpc) is 3.15. The third-order valence-electron chi connectivity index (χ3n) is 7.41. The minimum atomic E-state index is 0.179. The van der Waals surface area contributed by atoms with E-state index in [1.54, 1.807) is 6.33 Å². The molecule has 6 rings (SSSR count). The molecule has 5 fully saturated rings. The van der Waals surface area contributed by atoms with Gasteiger partial charge in [-0.15, -0.1) is 0 Å². The van der Waals surface area contributed by atoms with Crippen LogP contribution in [0.5, 0.6) is 0 Å². The lowest BCUT2D eigenvalue weighted by molar-refractivity contribution is -0.0479. The molecule has 1 N–H and O–H groups in total. The van der Waals surface area contributed by atoms with Crippen molar-refractivity contribution < 1.29 is 9.84 Å². The van der Waals surface area contributed by atoms with E-state index in [1.807, 2.05) is 0 Å². The van der Waals surface area contributed by atoms with Crippen molar-refractivity contribution in [1.82, 2.24) is 9.97 Å². The molecular formula is C21H31N3O2. The number of hydrogen-bond donors (Lipinski definition) is 1. The molecule has 1 unspecified atom stereocenters. The predicted molar refractivity (Wildman–Crippen MR) is 100 cm³/mol. The molecule has 1 aromatic heterocycles. The molecule has 5 heteroatoms. The van der Waals surface area contributed by atoms with Crippen LogP contribution in [0, 0.1) is 23.2 Å². The van der Waals surface area contributed by atoms with Crippen LogP contribution in [0.1, 0.15) is 56.6 Å². The molecule has 1 aliphatic heterocycles. The lowest BCUT2D eigenvalue weighted by Gasteiger charge is -2.58. The summed E-state index contributed by atoms with van der Waals surface area (Å²) in [7, 11) is 0. The van der Waals surface area contributed by atoms with Crippen molar-refractivity contribution in [3.8, 4) is 0 Å². The van der Waals surface area contributed by atoms with E-state index >= 15 is 0 Å². The number of ether oxygens (including phenoxy) is 1. The van der Waals surface area contributed by atoms with Crippen LogP contribution in [0.15, 0.2) is 12.4 Å². The minimum Gasteiger partial charge on any atom is -0.395 e. The number of aliphatic hydroxyl groups excluding tert-OH is 1. The van der Waals surface area contributed by atoms with Crippen LogP contribution in [0.3, 0.4) is 0 Å². The second kappa shape index (κ2) is 6.75. The molecule has 0 aromatic carbocycles. The van der Waals surface area contributed by atoms with E-state index in [2.05, 4.69) is 20.9 Å². The Hall–Kier alpha value is -1.20. The van der Waals surface area contributed by atoms with Gasteiger partial charge in [0.25, 0.3) is 0 Å². The predicted octanol–water partition coefficient (Wildman–Crippen LogP) is 3.00. The van der Waals surface area contributed by atoms with E-state index in [4.69, 9.17) is 4.74 Å². The van der Waals surface area contributed by atoms with E-state index in [-0.39, 0.29) is 6.61 Å². The molecule has 1 aromatic rings. The molecule has 4 aliphatic carbocycles. The highest BCUT2D eigenvalue weighted by Crippen LogP contribution is 2.60. The molecule has 26 heavy (non-hydrogen) atoms. The molecular weight excluding hydrogens is 326 g/mol. The molecule has 1 atom stereocenters. The van der Waals surface area contributed by atoms with Gasteiger partial charge in [-0.25, -0.2) is 9.97 Å². The second-order valence-electron chi connectivity index (χ2n) is 9.42. The molecule has 0 spiro atoms. The van der Waals surface area contributed by atoms with Crippen LogP contribution < -0.4 is 4.90 Å². The van der Waals surface area contributed by atoms with Crippen molar-refractivity contribution >= 4 is 5.82 Å². The Labute approximate surface area is 156 Å². The quantitative estimate of drug-likeness (QED) is 0.848. The molecule has 4 saturated carbocycles. The van der Waals surface area contributed by atoms with Crippen LogP contribution in [0.2, 0.25) is 0 Å². The minimum absolute atomic E-state index is 0.179. The summed E-state index contributed by atoms with van der Waals surface area (Å²) in [4.78, 5) is 11.4. The maximum Gasteiger partial charge on any atom is 0.132 e. The number of aromatic nitrogens is 2. The van der Waals surface area contributed by atoms with Crippen LogP contribution in [0.4, 0.5) is 5.82 Å². The first kappa shape index (κ1) is 16.9. The van der Waals surface area contributed by atoms with Gasteiger partial charge in [-0.05, 0) is 68.1 Å². The number of aliphatic hydroxyl groups is 1. The number of rotatable bonds is 6. The SMILES string of the molecule is OCCN(CC12CC3CC(CC(C3)C1)C2)c1cc(C2CCOC2)ncn1. The fourth-order valence-electron chi connectivity index (χ4n) is 6.81. The summed E-state index contributed by atoms with van der Waals surface area (Å²) < 4.78 is 5.54. The van der Waals surface area contributed by atoms with E-state index in [0.717, 1.165) is 55.4 Å². The van der Waals surface area contributed by atoms with Gasteiger partial charge >= 0.3 is 0 Å². The lowest BCUT2D eigenvalue weighted by atomic mass is 9.49. The standard InChI is InChI=1S/C21H31N3O2/c25-3-2-24(20-8-19(22-14-23-20)18-1-4-26-12-18)13-21-9-15-5-16(10-21)7-17(6-15)11-21/h8,14-18,25H,1-7,9-13H2. The van der Waals surface area contributed by atoms with Crippen LogP contribution in [-0.4, -0.2) is 48.0 Å². The zero-order valence-electron chi connectivity index (χ0n) is 15.6. The van der Waals surface area contributed by atoms with Crippen LogP contribution >= 0.6 is 0 Å². The van der Waals surface area contributed by atoms with Crippen molar-refractivity contribution in [2.24, 2.45) is 23.2 Å². The summed E-state index contributed by atoms with van der Waals surface area (Å²) in [6, 6.07) is 2.15. The van der Waals surface area contributed by atoms with Crippen molar-refractivity contribution in [2.45, 2.75) is 50.9 Å². The highest BCUT2D eigenvalue weighted by atomic mass is 16.5. The number of hydrogen-bond acceptors (Lipinski definition) is 5. The molecule has 2 heterocycles. The van der Waals surface area contributed by atoms with Gasteiger partial charge in [0.1, 0.15) is 12.1 Å². The molecule has 142 valence electrons. The fraction of sp³-hybridized carbons (Fsp3) is 0.810. The molecule has 0 radical (unpaired) electrons. The Kier molecular flexibility index (Phi) is 4.40. The first-order valence-electron chi connectivity index (χ1n) is 10.5. The van der Waals surface area contributed by atoms with Gasteiger partial charge in [0, 0.05) is 31.7 Å². The lowest BCUT2D eigenvalue weighted by Crippen LogP contribution is -2.51. The Morgan fingerprint density at radius 3 is 2.46 bits per heavy atom. The Bertz CT molecular complexity index is 609. The number of nitrogens with zero attached hydrogens (tertiary/aromatic N) is 3. The highest BCUT2D eigenvalue weighted by Gasteiger charge is 2.51. The average molecular weight is 357 g/mol. The van der Waals surface area contributed by atoms with Crippen molar-refractivity contribution in [3.63, 3.8) is 0 Å². The first-order valence-corrected chi connectivity index (χ1v) is 10.5. The summed E-state index contributed by atoms with van der Waals surface area (Å²) in [6.07, 6.45) is 11.3. The summed E-state index contributed by atoms with van der Waals surface area (Å²) in [5.74, 6) is 4.25. The topological polar surface area (TPSA) is 58.5 Å². The van der Waals surface area contributed by atoms with E-state index in [1.165, 1.54) is 38.5 Å². The Morgan fingerprint density at radius 1 is 1.12 bits per heavy atom. The van der Waals surface area contributed by atoms with Gasteiger partial charge in [0.15, 0.2) is 0 Å². The van der Waals surface area contributed by atoms with Crippen LogP contribution in [0.25, 0.3) is 0 Å². The monoisotopic (exact) mass is 357 g/mol. The third kappa shape index (κ3) is 3.13. The number of anilines is 1. The zero-order valence-corrected chi connectivity index (χ0v) is 15.6. The second-order valence-corrected chi connectivity index (χ2v) is 9.42. The maximum absolute atomic E-state index is 9.69. The smallest absolute Gasteiger partial charge is 0.132 e. The summed E-state index contributed by atoms with van der Waals surface area (Å²) in [5.41, 5.74) is 1.55. The maximum atomic E-state index is 9.69. The third-order valence-corrected chi connectivity index (χ3v) is 7.41. The molecule has 1 saturated heterocycles.